The summed E-state index contributed by atoms with van der Waals surface area (Å²) in [5, 5.41) is 0. The molecule has 0 aromatic heterocycles. The van der Waals surface area contributed by atoms with Gasteiger partial charge in [0.25, 0.3) is 0 Å². The molecule has 5 rings (SSSR count). The van der Waals surface area contributed by atoms with Gasteiger partial charge < -0.3 is 4.74 Å². The minimum absolute atomic E-state index is 0.0873. The van der Waals surface area contributed by atoms with Gasteiger partial charge in [0.15, 0.2) is 12.4 Å². The molecule has 0 saturated heterocycles. The smallest absolute Gasteiger partial charge is 0.331 e. The summed E-state index contributed by atoms with van der Waals surface area (Å²) in [6, 6.07) is 6.38. The number of benzene rings is 1. The average molecular weight is 460 g/mol. The number of rotatable bonds is 9. The summed E-state index contributed by atoms with van der Waals surface area (Å²) in [6.07, 6.45) is 9.57. The number of carbonyl (C=O) groups excluding carboxylic acids is 2. The van der Waals surface area contributed by atoms with Crippen molar-refractivity contribution in [2.75, 3.05) is 19.7 Å². The molecule has 174 valence electrons. The summed E-state index contributed by atoms with van der Waals surface area (Å²) in [5.41, 5.74) is 0.429. The number of carbonyl (C=O) groups is 2. The molecule has 1 aromatic rings. The van der Waals surface area contributed by atoms with Gasteiger partial charge in [-0.1, -0.05) is 26.0 Å². The van der Waals surface area contributed by atoms with Crippen molar-refractivity contribution >= 4 is 27.9 Å². The van der Waals surface area contributed by atoms with Crippen LogP contribution < -0.4 is 0 Å². The van der Waals surface area contributed by atoms with Gasteiger partial charge in [0.2, 0.25) is 10.0 Å². The summed E-state index contributed by atoms with van der Waals surface area (Å²) in [5.74, 6) is 1.56. The van der Waals surface area contributed by atoms with E-state index in [0.29, 0.717) is 36.4 Å². The summed E-state index contributed by atoms with van der Waals surface area (Å²) in [7, 11) is -3.51. The molecule has 4 aliphatic rings. The van der Waals surface area contributed by atoms with E-state index in [9.17, 15) is 18.0 Å². The van der Waals surface area contributed by atoms with Gasteiger partial charge in [0, 0.05) is 24.6 Å². The lowest BCUT2D eigenvalue weighted by Gasteiger charge is -2.55. The molecule has 0 heterocycles. The fourth-order valence-electron chi connectivity index (χ4n) is 6.42. The number of sulfonamides is 1. The molecule has 7 heteroatoms. The standard InChI is InChI=1S/C25H33NO5S/c1-3-26(4-2)32(29,30)22-8-5-18(6-9-22)7-10-24(28)31-17-23(27)25-14-19-11-20(15-25)13-21(12-19)16-25/h5-10,19-21H,3-4,11-17H2,1-2H3. The Morgan fingerprint density at radius 3 is 2.03 bits per heavy atom. The van der Waals surface area contributed by atoms with Gasteiger partial charge >= 0.3 is 5.97 Å². The summed E-state index contributed by atoms with van der Waals surface area (Å²) < 4.78 is 31.8. The fourth-order valence-corrected chi connectivity index (χ4v) is 7.88. The highest BCUT2D eigenvalue weighted by Crippen LogP contribution is 2.60. The first kappa shape index (κ1) is 23.2. The van der Waals surface area contributed by atoms with E-state index in [2.05, 4.69) is 0 Å². The third-order valence-corrected chi connectivity index (χ3v) is 9.67. The Hall–Kier alpha value is -1.99. The average Bonchev–Trinajstić information content (AvgIpc) is 2.76. The molecule has 0 radical (unpaired) electrons. The summed E-state index contributed by atoms with van der Waals surface area (Å²) in [4.78, 5) is 25.4. The Morgan fingerprint density at radius 2 is 1.53 bits per heavy atom. The molecule has 0 aliphatic heterocycles. The third kappa shape index (κ3) is 4.55. The Balaban J connectivity index is 1.32. The topological polar surface area (TPSA) is 80.8 Å². The number of hydrogen-bond donors (Lipinski definition) is 0. The molecule has 0 unspecified atom stereocenters. The molecule has 0 N–H and O–H groups in total. The molecule has 0 amide bonds. The van der Waals surface area contributed by atoms with E-state index in [1.165, 1.54) is 41.8 Å². The van der Waals surface area contributed by atoms with Crippen LogP contribution in [0.3, 0.4) is 0 Å². The maximum absolute atomic E-state index is 12.9. The van der Waals surface area contributed by atoms with Crippen LogP contribution in [-0.4, -0.2) is 44.2 Å². The number of esters is 1. The van der Waals surface area contributed by atoms with E-state index in [-0.39, 0.29) is 22.7 Å². The fraction of sp³-hybridized carbons (Fsp3) is 0.600. The van der Waals surface area contributed by atoms with Crippen LogP contribution in [0.1, 0.15) is 57.9 Å². The lowest BCUT2D eigenvalue weighted by Crippen LogP contribution is -2.51. The van der Waals surface area contributed by atoms with Crippen molar-refractivity contribution < 1.29 is 22.7 Å². The Labute approximate surface area is 191 Å². The zero-order valence-corrected chi connectivity index (χ0v) is 19.8. The second kappa shape index (κ2) is 9.10. The van der Waals surface area contributed by atoms with Crippen molar-refractivity contribution in [3.63, 3.8) is 0 Å². The normalized spacial score (nSPS) is 29.0. The maximum atomic E-state index is 12.9. The van der Waals surface area contributed by atoms with Crippen LogP contribution >= 0.6 is 0 Å². The van der Waals surface area contributed by atoms with Crippen LogP contribution in [-0.2, 0) is 24.3 Å². The zero-order valence-electron chi connectivity index (χ0n) is 19.0. The lowest BCUT2D eigenvalue weighted by molar-refractivity contribution is -0.155. The lowest BCUT2D eigenvalue weighted by atomic mass is 9.48. The van der Waals surface area contributed by atoms with Crippen LogP contribution in [0.5, 0.6) is 0 Å². The van der Waals surface area contributed by atoms with Crippen LogP contribution in [0.2, 0.25) is 0 Å². The molecule has 4 saturated carbocycles. The maximum Gasteiger partial charge on any atom is 0.331 e. The van der Waals surface area contributed by atoms with E-state index in [1.807, 2.05) is 0 Å². The van der Waals surface area contributed by atoms with Crippen LogP contribution in [0.4, 0.5) is 0 Å². The molecule has 6 nitrogen and oxygen atoms in total. The minimum Gasteiger partial charge on any atom is -0.455 e. The van der Waals surface area contributed by atoms with Crippen molar-refractivity contribution in [1.29, 1.82) is 0 Å². The molecular formula is C25H33NO5S. The molecule has 0 atom stereocenters. The summed E-state index contributed by atoms with van der Waals surface area (Å²) >= 11 is 0. The van der Waals surface area contributed by atoms with E-state index < -0.39 is 16.0 Å². The first-order valence-corrected chi connectivity index (χ1v) is 13.2. The van der Waals surface area contributed by atoms with Gasteiger partial charge in [-0.15, -0.1) is 0 Å². The molecule has 32 heavy (non-hydrogen) atoms. The van der Waals surface area contributed by atoms with E-state index >= 15 is 0 Å². The van der Waals surface area contributed by atoms with Crippen molar-refractivity contribution in [2.24, 2.45) is 23.2 Å². The molecule has 1 aromatic carbocycles. The Morgan fingerprint density at radius 1 is 1.00 bits per heavy atom. The summed E-state index contributed by atoms with van der Waals surface area (Å²) in [6.45, 7) is 4.27. The molecular weight excluding hydrogens is 426 g/mol. The quantitative estimate of drug-likeness (QED) is 0.411. The molecule has 0 spiro atoms. The highest BCUT2D eigenvalue weighted by molar-refractivity contribution is 7.89. The van der Waals surface area contributed by atoms with Crippen molar-refractivity contribution in [1.82, 2.24) is 4.31 Å². The first-order valence-electron chi connectivity index (χ1n) is 11.7. The predicted molar refractivity (Wildman–Crippen MR) is 122 cm³/mol. The highest BCUT2D eigenvalue weighted by atomic mass is 32.2. The molecule has 4 aliphatic carbocycles. The second-order valence-electron chi connectivity index (χ2n) is 9.72. The van der Waals surface area contributed by atoms with Crippen LogP contribution in [0.25, 0.3) is 6.08 Å². The number of Topliss-reactive ketones (excluding diaryl/α,β-unsaturated/α-hetero) is 1. The van der Waals surface area contributed by atoms with Gasteiger partial charge in [-0.05, 0) is 80.1 Å². The second-order valence-corrected chi connectivity index (χ2v) is 11.7. The van der Waals surface area contributed by atoms with E-state index in [4.69, 9.17) is 4.74 Å². The molecule has 4 bridgehead atoms. The van der Waals surface area contributed by atoms with Crippen molar-refractivity contribution in [3.05, 3.63) is 35.9 Å². The van der Waals surface area contributed by atoms with Crippen LogP contribution in [0.15, 0.2) is 35.2 Å². The van der Waals surface area contributed by atoms with Crippen molar-refractivity contribution in [3.8, 4) is 0 Å². The number of ether oxygens (including phenoxy) is 1. The minimum atomic E-state index is -3.51. The van der Waals surface area contributed by atoms with E-state index in [0.717, 1.165) is 19.3 Å². The predicted octanol–water partition coefficient (Wildman–Crippen LogP) is 4.06. The monoisotopic (exact) mass is 459 g/mol. The third-order valence-electron chi connectivity index (χ3n) is 7.61. The number of ketones is 1. The number of hydrogen-bond acceptors (Lipinski definition) is 5. The van der Waals surface area contributed by atoms with Gasteiger partial charge in [-0.3, -0.25) is 4.79 Å². The zero-order chi connectivity index (χ0) is 22.9. The van der Waals surface area contributed by atoms with Gasteiger partial charge in [0.1, 0.15) is 0 Å². The highest BCUT2D eigenvalue weighted by Gasteiger charge is 2.54. The first-order chi connectivity index (χ1) is 15.3. The van der Waals surface area contributed by atoms with Gasteiger partial charge in [-0.2, -0.15) is 4.31 Å². The van der Waals surface area contributed by atoms with Gasteiger partial charge in [0.05, 0.1) is 4.90 Å². The van der Waals surface area contributed by atoms with Crippen LogP contribution in [0, 0.1) is 23.2 Å². The largest absolute Gasteiger partial charge is 0.455 e. The number of nitrogens with zero attached hydrogens (tertiary/aromatic N) is 1. The Bertz CT molecular complexity index is 956. The SMILES string of the molecule is CCN(CC)S(=O)(=O)c1ccc(C=CC(=O)OCC(=O)C23CC4CC(CC(C4)C2)C3)cc1. The van der Waals surface area contributed by atoms with E-state index in [1.54, 1.807) is 32.1 Å². The van der Waals surface area contributed by atoms with Crippen molar-refractivity contribution in [2.45, 2.75) is 57.3 Å². The van der Waals surface area contributed by atoms with Gasteiger partial charge in [-0.25, -0.2) is 13.2 Å². The Kier molecular flexibility index (Phi) is 6.59. The molecule has 4 fully saturated rings.